The minimum Gasteiger partial charge on any atom is -0.265 e. The van der Waals surface area contributed by atoms with Gasteiger partial charge in [0.05, 0.1) is 0 Å². The Bertz CT molecular complexity index is 142. The van der Waals surface area contributed by atoms with Gasteiger partial charge in [-0.25, -0.2) is 0 Å². The van der Waals surface area contributed by atoms with E-state index in [0.717, 1.165) is 18.4 Å². The summed E-state index contributed by atoms with van der Waals surface area (Å²) in [6, 6.07) is 0. The molecule has 1 nitrogen and oxygen atoms in total. The van der Waals surface area contributed by atoms with Crippen molar-refractivity contribution in [1.29, 1.82) is 0 Å². The molecule has 0 aliphatic carbocycles. The molecule has 0 spiro atoms. The molecule has 1 rings (SSSR count). The van der Waals surface area contributed by atoms with Gasteiger partial charge >= 0.3 is 0 Å². The molecule has 0 aromatic carbocycles. The summed E-state index contributed by atoms with van der Waals surface area (Å²) < 4.78 is 0. The van der Waals surface area contributed by atoms with Crippen molar-refractivity contribution in [3.63, 3.8) is 0 Å². The van der Waals surface area contributed by atoms with Crippen LogP contribution in [0.4, 0.5) is 0 Å². The Labute approximate surface area is 49.4 Å². The summed E-state index contributed by atoms with van der Waals surface area (Å²) >= 11 is 0. The van der Waals surface area contributed by atoms with Crippen molar-refractivity contribution in [3.05, 3.63) is 24.4 Å². The van der Waals surface area contributed by atoms with E-state index in [0.29, 0.717) is 0 Å². The second kappa shape index (κ2) is 2.46. The van der Waals surface area contributed by atoms with Crippen molar-refractivity contribution in [2.75, 3.05) is 0 Å². The number of hydrogen-bond acceptors (Lipinski definition) is 1. The fourth-order valence-corrected chi connectivity index (χ4v) is 0.617. The summed E-state index contributed by atoms with van der Waals surface area (Å²) in [5.41, 5.74) is 1.12. The summed E-state index contributed by atoms with van der Waals surface area (Å²) in [6.45, 7) is 3.78. The molecule has 0 saturated heterocycles. The number of aliphatic imine (C=N–C) groups is 1. The first-order valence-corrected chi connectivity index (χ1v) is 2.75. The summed E-state index contributed by atoms with van der Waals surface area (Å²) in [4.78, 5) is 3.95. The van der Waals surface area contributed by atoms with Crippen LogP contribution in [0.1, 0.15) is 12.8 Å². The van der Waals surface area contributed by atoms with Gasteiger partial charge in [-0.2, -0.15) is 0 Å². The van der Waals surface area contributed by atoms with Crippen LogP contribution in [-0.2, 0) is 0 Å². The van der Waals surface area contributed by atoms with Crippen molar-refractivity contribution < 1.29 is 0 Å². The van der Waals surface area contributed by atoms with Gasteiger partial charge in [0.1, 0.15) is 0 Å². The lowest BCUT2D eigenvalue weighted by Crippen LogP contribution is -1.76. The molecule has 8 heavy (non-hydrogen) atoms. The van der Waals surface area contributed by atoms with Crippen LogP contribution in [0.25, 0.3) is 0 Å². The molecule has 0 atom stereocenters. The summed E-state index contributed by atoms with van der Waals surface area (Å²) in [5, 5.41) is 0. The molecule has 42 valence electrons. The maximum absolute atomic E-state index is 3.95. The first-order valence-electron chi connectivity index (χ1n) is 2.75. The van der Waals surface area contributed by atoms with Gasteiger partial charge in [0.15, 0.2) is 0 Å². The van der Waals surface area contributed by atoms with Crippen LogP contribution in [0.15, 0.2) is 29.4 Å². The third kappa shape index (κ3) is 1.34. The van der Waals surface area contributed by atoms with Gasteiger partial charge in [0, 0.05) is 12.4 Å². The van der Waals surface area contributed by atoms with Crippen molar-refractivity contribution in [3.8, 4) is 0 Å². The quantitative estimate of drug-likeness (QED) is 0.448. The molecule has 0 bridgehead atoms. The first-order chi connectivity index (χ1) is 3.89. The van der Waals surface area contributed by atoms with Crippen LogP contribution in [0, 0.1) is 0 Å². The summed E-state index contributed by atoms with van der Waals surface area (Å²) in [7, 11) is 0. The normalized spacial score (nSPS) is 18.8. The van der Waals surface area contributed by atoms with Gasteiger partial charge < -0.3 is 0 Å². The number of nitrogens with zero attached hydrogens (tertiary/aromatic N) is 1. The Morgan fingerprint density at radius 3 is 3.38 bits per heavy atom. The van der Waals surface area contributed by atoms with Gasteiger partial charge in [-0.15, -0.1) is 0 Å². The van der Waals surface area contributed by atoms with Crippen LogP contribution in [0.2, 0.25) is 0 Å². The van der Waals surface area contributed by atoms with E-state index in [9.17, 15) is 0 Å². The average Bonchev–Trinajstić information content (AvgIpc) is 1.94. The Hall–Kier alpha value is -0.850. The maximum Gasteiger partial charge on any atom is 0.0293 e. The van der Waals surface area contributed by atoms with Crippen molar-refractivity contribution >= 4 is 6.21 Å². The first kappa shape index (κ1) is 5.29. The van der Waals surface area contributed by atoms with Crippen LogP contribution in [-0.4, -0.2) is 6.21 Å². The molecule has 0 aromatic heterocycles. The summed E-state index contributed by atoms with van der Waals surface area (Å²) in [6.07, 6.45) is 7.81. The standard InChI is InChI=1S/C7H9N/c1-7-4-2-3-5-8-6-7/h3,5-6H,1-2,4H2. The van der Waals surface area contributed by atoms with E-state index in [4.69, 9.17) is 0 Å². The molecule has 1 aliphatic heterocycles. The molecule has 1 heterocycles. The molecule has 1 heteroatoms. The highest BCUT2D eigenvalue weighted by molar-refractivity contribution is 5.78. The lowest BCUT2D eigenvalue weighted by molar-refractivity contribution is 1.04. The van der Waals surface area contributed by atoms with Crippen LogP contribution in [0.3, 0.4) is 0 Å². The second-order valence-electron chi connectivity index (χ2n) is 1.86. The fourth-order valence-electron chi connectivity index (χ4n) is 0.617. The fraction of sp³-hybridized carbons (Fsp3) is 0.286. The average molecular weight is 107 g/mol. The molecule has 0 saturated carbocycles. The summed E-state index contributed by atoms with van der Waals surface area (Å²) in [5.74, 6) is 0. The van der Waals surface area contributed by atoms with Crippen LogP contribution < -0.4 is 0 Å². The van der Waals surface area contributed by atoms with Gasteiger partial charge in [0.25, 0.3) is 0 Å². The molecular weight excluding hydrogens is 98.1 g/mol. The molecule has 0 aromatic rings. The van der Waals surface area contributed by atoms with Gasteiger partial charge in [-0.3, -0.25) is 4.99 Å². The largest absolute Gasteiger partial charge is 0.265 e. The number of rotatable bonds is 0. The Morgan fingerprint density at radius 2 is 2.50 bits per heavy atom. The van der Waals surface area contributed by atoms with Crippen molar-refractivity contribution in [2.24, 2.45) is 4.99 Å². The third-order valence-corrected chi connectivity index (χ3v) is 1.08. The minimum absolute atomic E-state index is 1.06. The topological polar surface area (TPSA) is 12.4 Å². The molecule has 1 aliphatic rings. The number of hydrogen-bond donors (Lipinski definition) is 0. The van der Waals surface area contributed by atoms with Crippen LogP contribution >= 0.6 is 0 Å². The van der Waals surface area contributed by atoms with Gasteiger partial charge in [-0.1, -0.05) is 12.7 Å². The molecule has 0 fully saturated rings. The van der Waals surface area contributed by atoms with Crippen LogP contribution in [0.5, 0.6) is 0 Å². The highest BCUT2D eigenvalue weighted by Crippen LogP contribution is 2.03. The molecule has 0 unspecified atom stereocenters. The second-order valence-corrected chi connectivity index (χ2v) is 1.86. The minimum atomic E-state index is 1.06. The monoisotopic (exact) mass is 107 g/mol. The molecule has 0 radical (unpaired) electrons. The molecule has 0 amide bonds. The maximum atomic E-state index is 3.95. The van der Waals surface area contributed by atoms with E-state index in [1.807, 2.05) is 12.4 Å². The predicted molar refractivity (Wildman–Crippen MR) is 36.0 cm³/mol. The zero-order valence-electron chi connectivity index (χ0n) is 4.80. The lowest BCUT2D eigenvalue weighted by atomic mass is 10.2. The zero-order valence-corrected chi connectivity index (χ0v) is 4.80. The van der Waals surface area contributed by atoms with E-state index in [1.165, 1.54) is 0 Å². The van der Waals surface area contributed by atoms with Gasteiger partial charge in [-0.05, 0) is 18.4 Å². The zero-order chi connectivity index (χ0) is 5.82. The predicted octanol–water partition coefficient (Wildman–Crippen LogP) is 1.92. The van der Waals surface area contributed by atoms with E-state index >= 15 is 0 Å². The molecule has 0 N–H and O–H groups in total. The van der Waals surface area contributed by atoms with Crippen molar-refractivity contribution in [2.45, 2.75) is 12.8 Å². The Morgan fingerprint density at radius 1 is 1.62 bits per heavy atom. The van der Waals surface area contributed by atoms with E-state index in [-0.39, 0.29) is 0 Å². The number of allylic oxidation sites excluding steroid dienone is 2. The van der Waals surface area contributed by atoms with E-state index < -0.39 is 0 Å². The molecular formula is C7H9N. The van der Waals surface area contributed by atoms with Gasteiger partial charge in [0.2, 0.25) is 0 Å². The SMILES string of the molecule is C=C1C=NC=CCC1. The highest BCUT2D eigenvalue weighted by Gasteiger charge is 1.88. The lowest BCUT2D eigenvalue weighted by Gasteiger charge is -1.87. The smallest absolute Gasteiger partial charge is 0.0293 e. The van der Waals surface area contributed by atoms with E-state index in [2.05, 4.69) is 17.6 Å². The third-order valence-electron chi connectivity index (χ3n) is 1.08. The van der Waals surface area contributed by atoms with Crippen molar-refractivity contribution in [1.82, 2.24) is 0 Å². The highest BCUT2D eigenvalue weighted by atomic mass is 14.7. The Kier molecular flexibility index (Phi) is 1.62. The Balaban J connectivity index is 2.58. The van der Waals surface area contributed by atoms with E-state index in [1.54, 1.807) is 0 Å².